The molecular weight excluding hydrogens is 336 g/mol. The van der Waals surface area contributed by atoms with Gasteiger partial charge >= 0.3 is 0 Å². The van der Waals surface area contributed by atoms with Crippen molar-refractivity contribution in [3.05, 3.63) is 83.4 Å². The number of carbonyl (C=O) groups is 1. The fourth-order valence-corrected chi connectivity index (χ4v) is 3.58. The van der Waals surface area contributed by atoms with E-state index >= 15 is 0 Å². The minimum Gasteiger partial charge on any atom is -0.345 e. The summed E-state index contributed by atoms with van der Waals surface area (Å²) >= 11 is 0. The molecule has 0 aliphatic rings. The van der Waals surface area contributed by atoms with E-state index in [9.17, 15) is 4.79 Å². The van der Waals surface area contributed by atoms with Crippen LogP contribution in [0.2, 0.25) is 0 Å². The number of rotatable bonds is 4. The quantitative estimate of drug-likeness (QED) is 0.601. The van der Waals surface area contributed by atoms with Crippen LogP contribution in [0, 0.1) is 13.8 Å². The second kappa shape index (κ2) is 6.76. The van der Waals surface area contributed by atoms with E-state index in [0.29, 0.717) is 12.1 Å². The number of nitrogens with zero attached hydrogens (tertiary/aromatic N) is 3. The molecule has 2 heterocycles. The van der Waals surface area contributed by atoms with Gasteiger partial charge in [0.1, 0.15) is 5.82 Å². The van der Waals surface area contributed by atoms with E-state index in [1.165, 1.54) is 0 Å². The predicted molar refractivity (Wildman–Crippen MR) is 107 cm³/mol. The van der Waals surface area contributed by atoms with E-state index in [1.54, 1.807) is 0 Å². The van der Waals surface area contributed by atoms with Crippen LogP contribution < -0.4 is 5.32 Å². The molecule has 0 fully saturated rings. The lowest BCUT2D eigenvalue weighted by Crippen LogP contribution is -2.24. The van der Waals surface area contributed by atoms with Gasteiger partial charge in [-0.15, -0.1) is 0 Å². The second-order valence-corrected chi connectivity index (χ2v) is 6.71. The molecule has 4 rings (SSSR count). The molecule has 136 valence electrons. The lowest BCUT2D eigenvalue weighted by molar-refractivity contribution is 0.0949. The summed E-state index contributed by atoms with van der Waals surface area (Å²) in [5.74, 6) is 0.749. The molecule has 0 aliphatic carbocycles. The molecule has 4 aromatic rings. The standard InChI is InChI=1S/C22H22N4O/c1-15-13-18(16(2)26(15)17-9-5-4-6-10-17)22(27)23-14-21-24-19-11-7-8-12-20(19)25(21)3/h4-13H,14H2,1-3H3,(H,23,27). The molecule has 5 heteroatoms. The molecule has 1 amide bonds. The monoisotopic (exact) mass is 358 g/mol. The van der Waals surface area contributed by atoms with E-state index in [4.69, 9.17) is 0 Å². The van der Waals surface area contributed by atoms with Crippen molar-refractivity contribution in [2.45, 2.75) is 20.4 Å². The number of hydrogen-bond donors (Lipinski definition) is 1. The largest absolute Gasteiger partial charge is 0.345 e. The number of nitrogens with one attached hydrogen (secondary N) is 1. The highest BCUT2D eigenvalue weighted by atomic mass is 16.1. The summed E-state index contributed by atoms with van der Waals surface area (Å²) in [7, 11) is 1.97. The molecular formula is C22H22N4O. The summed E-state index contributed by atoms with van der Waals surface area (Å²) in [5, 5.41) is 3.01. The molecule has 0 saturated carbocycles. The van der Waals surface area contributed by atoms with Crippen molar-refractivity contribution in [3.63, 3.8) is 0 Å². The Bertz CT molecular complexity index is 1120. The van der Waals surface area contributed by atoms with Gasteiger partial charge in [-0.2, -0.15) is 0 Å². The van der Waals surface area contributed by atoms with Crippen LogP contribution in [-0.4, -0.2) is 20.0 Å². The number of amides is 1. The van der Waals surface area contributed by atoms with Crippen molar-refractivity contribution in [1.82, 2.24) is 19.4 Å². The maximum Gasteiger partial charge on any atom is 0.253 e. The van der Waals surface area contributed by atoms with Crippen molar-refractivity contribution in [2.24, 2.45) is 7.05 Å². The lowest BCUT2D eigenvalue weighted by atomic mass is 10.2. The molecule has 2 aromatic heterocycles. The van der Waals surface area contributed by atoms with E-state index in [0.717, 1.165) is 33.9 Å². The first-order valence-corrected chi connectivity index (χ1v) is 8.99. The average molecular weight is 358 g/mol. The fraction of sp³-hybridized carbons (Fsp3) is 0.182. The van der Waals surface area contributed by atoms with Gasteiger partial charge in [-0.3, -0.25) is 4.79 Å². The minimum atomic E-state index is -0.0858. The lowest BCUT2D eigenvalue weighted by Gasteiger charge is -2.10. The third-order valence-corrected chi connectivity index (χ3v) is 4.98. The van der Waals surface area contributed by atoms with Crippen molar-refractivity contribution < 1.29 is 4.79 Å². The zero-order valence-corrected chi connectivity index (χ0v) is 15.7. The van der Waals surface area contributed by atoms with Gasteiger partial charge in [0.05, 0.1) is 23.1 Å². The van der Waals surface area contributed by atoms with Crippen LogP contribution in [0.3, 0.4) is 0 Å². The van der Waals surface area contributed by atoms with E-state index in [1.807, 2.05) is 86.1 Å². The Morgan fingerprint density at radius 3 is 2.48 bits per heavy atom. The van der Waals surface area contributed by atoms with Gasteiger partial charge in [-0.1, -0.05) is 30.3 Å². The third-order valence-electron chi connectivity index (χ3n) is 4.98. The van der Waals surface area contributed by atoms with Crippen molar-refractivity contribution in [3.8, 4) is 5.69 Å². The number of para-hydroxylation sites is 3. The summed E-state index contributed by atoms with van der Waals surface area (Å²) < 4.78 is 4.12. The van der Waals surface area contributed by atoms with Crippen LogP contribution >= 0.6 is 0 Å². The van der Waals surface area contributed by atoms with Crippen molar-refractivity contribution in [2.75, 3.05) is 0 Å². The predicted octanol–water partition coefficient (Wildman–Crippen LogP) is 3.91. The van der Waals surface area contributed by atoms with E-state index in [2.05, 4.69) is 14.9 Å². The van der Waals surface area contributed by atoms with Crippen LogP contribution in [0.5, 0.6) is 0 Å². The first kappa shape index (κ1) is 17.1. The molecule has 5 nitrogen and oxygen atoms in total. The normalized spacial score (nSPS) is 11.1. The Kier molecular flexibility index (Phi) is 4.28. The number of fused-ring (bicyclic) bond motifs is 1. The number of benzene rings is 2. The van der Waals surface area contributed by atoms with Crippen molar-refractivity contribution in [1.29, 1.82) is 0 Å². The van der Waals surface area contributed by atoms with Crippen LogP contribution in [0.4, 0.5) is 0 Å². The molecule has 0 saturated heterocycles. The summed E-state index contributed by atoms with van der Waals surface area (Å²) in [6, 6.07) is 20.0. The topological polar surface area (TPSA) is 51.9 Å². The fourth-order valence-electron chi connectivity index (χ4n) is 3.58. The number of aromatic nitrogens is 3. The van der Waals surface area contributed by atoms with Gasteiger partial charge in [0.25, 0.3) is 5.91 Å². The van der Waals surface area contributed by atoms with E-state index < -0.39 is 0 Å². The maximum absolute atomic E-state index is 12.8. The van der Waals surface area contributed by atoms with E-state index in [-0.39, 0.29) is 5.91 Å². The number of carbonyl (C=O) groups excluding carboxylic acids is 1. The van der Waals surface area contributed by atoms with Crippen LogP contribution in [0.25, 0.3) is 16.7 Å². The molecule has 27 heavy (non-hydrogen) atoms. The Morgan fingerprint density at radius 2 is 1.74 bits per heavy atom. The maximum atomic E-state index is 12.8. The Morgan fingerprint density at radius 1 is 1.04 bits per heavy atom. The molecule has 0 spiro atoms. The Balaban J connectivity index is 1.58. The Labute approximate surface area is 158 Å². The number of aryl methyl sites for hydroxylation is 2. The van der Waals surface area contributed by atoms with Crippen LogP contribution in [0.1, 0.15) is 27.6 Å². The zero-order chi connectivity index (χ0) is 19.0. The molecule has 0 unspecified atom stereocenters. The van der Waals surface area contributed by atoms with Gasteiger partial charge in [0.15, 0.2) is 0 Å². The molecule has 2 aromatic carbocycles. The number of hydrogen-bond acceptors (Lipinski definition) is 2. The molecule has 0 atom stereocenters. The van der Waals surface area contributed by atoms with Gasteiger partial charge in [0.2, 0.25) is 0 Å². The second-order valence-electron chi connectivity index (χ2n) is 6.71. The Hall–Kier alpha value is -3.34. The van der Waals surface area contributed by atoms with Gasteiger partial charge in [-0.25, -0.2) is 4.98 Å². The zero-order valence-electron chi connectivity index (χ0n) is 15.7. The minimum absolute atomic E-state index is 0.0858. The van der Waals surface area contributed by atoms with Gasteiger partial charge in [-0.05, 0) is 44.2 Å². The molecule has 0 bridgehead atoms. The van der Waals surface area contributed by atoms with Crippen molar-refractivity contribution >= 4 is 16.9 Å². The highest BCUT2D eigenvalue weighted by molar-refractivity contribution is 5.95. The molecule has 1 N–H and O–H groups in total. The van der Waals surface area contributed by atoms with Gasteiger partial charge in [0, 0.05) is 24.1 Å². The van der Waals surface area contributed by atoms with Gasteiger partial charge < -0.3 is 14.5 Å². The summed E-state index contributed by atoms with van der Waals surface area (Å²) in [5.41, 5.74) is 5.71. The summed E-state index contributed by atoms with van der Waals surface area (Å²) in [4.78, 5) is 17.4. The average Bonchev–Trinajstić information content (AvgIpc) is 3.17. The highest BCUT2D eigenvalue weighted by Gasteiger charge is 2.17. The van der Waals surface area contributed by atoms with Crippen LogP contribution in [-0.2, 0) is 13.6 Å². The summed E-state index contributed by atoms with van der Waals surface area (Å²) in [6.07, 6.45) is 0. The SMILES string of the molecule is Cc1cc(C(=O)NCc2nc3ccccc3n2C)c(C)n1-c1ccccc1. The first-order chi connectivity index (χ1) is 13.1. The molecule has 0 radical (unpaired) electrons. The molecule has 0 aliphatic heterocycles. The first-order valence-electron chi connectivity index (χ1n) is 8.99. The highest BCUT2D eigenvalue weighted by Crippen LogP contribution is 2.21. The van der Waals surface area contributed by atoms with Crippen LogP contribution in [0.15, 0.2) is 60.7 Å². The summed E-state index contributed by atoms with van der Waals surface area (Å²) in [6.45, 7) is 4.38. The third kappa shape index (κ3) is 3.01. The number of imidazole rings is 1. The smallest absolute Gasteiger partial charge is 0.253 e.